The van der Waals surface area contributed by atoms with E-state index in [-0.39, 0.29) is 24.0 Å². The highest BCUT2D eigenvalue weighted by molar-refractivity contribution is 5.91. The zero-order valence-corrected chi connectivity index (χ0v) is 15.9. The second-order valence-corrected chi connectivity index (χ2v) is 7.48. The number of benzene rings is 1. The van der Waals surface area contributed by atoms with Crippen LogP contribution in [0.3, 0.4) is 0 Å². The summed E-state index contributed by atoms with van der Waals surface area (Å²) in [6, 6.07) is 7.58. The van der Waals surface area contributed by atoms with Crippen LogP contribution in [0.5, 0.6) is 5.75 Å². The second kappa shape index (κ2) is 6.68. The zero-order chi connectivity index (χ0) is 19.2. The Morgan fingerprint density at radius 2 is 2.11 bits per heavy atom. The number of likely N-dealkylation sites (tertiary alicyclic amines) is 1. The Balaban J connectivity index is 1.57. The SMILES string of the molecule is CCCOC(=O)[C@@H]1[C@H]2C(=O)N([C@@H](C)c3ccc(OC)cc3)C[C@]23C=C[C@H]1O3. The smallest absolute Gasteiger partial charge is 0.312 e. The number of esters is 1. The van der Waals surface area contributed by atoms with Crippen molar-refractivity contribution in [1.82, 2.24) is 4.90 Å². The van der Waals surface area contributed by atoms with Crippen molar-refractivity contribution in [2.75, 3.05) is 20.3 Å². The molecule has 2 saturated heterocycles. The van der Waals surface area contributed by atoms with Gasteiger partial charge >= 0.3 is 5.97 Å². The third-order valence-electron chi connectivity index (χ3n) is 5.92. The highest BCUT2D eigenvalue weighted by Gasteiger charge is 2.67. The molecule has 3 aliphatic rings. The number of carbonyl (C=O) groups is 2. The lowest BCUT2D eigenvalue weighted by molar-refractivity contribution is -0.154. The first-order valence-corrected chi connectivity index (χ1v) is 9.49. The first-order chi connectivity index (χ1) is 13.0. The summed E-state index contributed by atoms with van der Waals surface area (Å²) >= 11 is 0. The summed E-state index contributed by atoms with van der Waals surface area (Å²) in [5, 5.41) is 0. The predicted molar refractivity (Wildman–Crippen MR) is 98.1 cm³/mol. The van der Waals surface area contributed by atoms with Crippen molar-refractivity contribution in [3.63, 3.8) is 0 Å². The lowest BCUT2D eigenvalue weighted by Gasteiger charge is -2.27. The van der Waals surface area contributed by atoms with E-state index in [0.717, 1.165) is 17.7 Å². The summed E-state index contributed by atoms with van der Waals surface area (Å²) in [6.07, 6.45) is 4.26. The van der Waals surface area contributed by atoms with Crippen LogP contribution in [0.2, 0.25) is 0 Å². The molecule has 0 aliphatic carbocycles. The van der Waals surface area contributed by atoms with Gasteiger partial charge in [0.15, 0.2) is 0 Å². The molecule has 0 N–H and O–H groups in total. The van der Waals surface area contributed by atoms with Crippen LogP contribution in [0.1, 0.15) is 31.9 Å². The van der Waals surface area contributed by atoms with Crippen LogP contribution in [-0.4, -0.2) is 48.7 Å². The van der Waals surface area contributed by atoms with Crippen LogP contribution in [0, 0.1) is 11.8 Å². The van der Waals surface area contributed by atoms with Crippen molar-refractivity contribution in [2.24, 2.45) is 11.8 Å². The fourth-order valence-corrected chi connectivity index (χ4v) is 4.49. The van der Waals surface area contributed by atoms with Gasteiger partial charge in [-0.1, -0.05) is 31.2 Å². The lowest BCUT2D eigenvalue weighted by atomic mass is 9.77. The van der Waals surface area contributed by atoms with E-state index in [9.17, 15) is 9.59 Å². The number of carbonyl (C=O) groups excluding carboxylic acids is 2. The van der Waals surface area contributed by atoms with Gasteiger partial charge < -0.3 is 19.1 Å². The molecule has 0 unspecified atom stereocenters. The van der Waals surface area contributed by atoms with E-state index < -0.39 is 17.4 Å². The van der Waals surface area contributed by atoms with Crippen LogP contribution < -0.4 is 4.74 Å². The van der Waals surface area contributed by atoms with Crippen molar-refractivity contribution in [3.05, 3.63) is 42.0 Å². The maximum atomic E-state index is 13.3. The number of amides is 1. The Kier molecular flexibility index (Phi) is 4.46. The molecule has 2 bridgehead atoms. The number of fused-ring (bicyclic) bond motifs is 1. The Bertz CT molecular complexity index is 773. The van der Waals surface area contributed by atoms with Crippen LogP contribution >= 0.6 is 0 Å². The molecular weight excluding hydrogens is 346 g/mol. The molecule has 1 amide bonds. The summed E-state index contributed by atoms with van der Waals surface area (Å²) in [4.78, 5) is 27.7. The first kappa shape index (κ1) is 18.0. The third-order valence-corrected chi connectivity index (χ3v) is 5.92. The molecule has 4 rings (SSSR count). The van der Waals surface area contributed by atoms with Crippen LogP contribution in [-0.2, 0) is 19.1 Å². The van der Waals surface area contributed by atoms with Crippen molar-refractivity contribution in [3.8, 4) is 5.75 Å². The molecule has 1 aromatic rings. The summed E-state index contributed by atoms with van der Waals surface area (Å²) in [5.41, 5.74) is 0.308. The molecule has 2 fully saturated rings. The highest BCUT2D eigenvalue weighted by atomic mass is 16.6. The molecular formula is C21H25NO5. The Morgan fingerprint density at radius 3 is 2.78 bits per heavy atom. The largest absolute Gasteiger partial charge is 0.497 e. The maximum absolute atomic E-state index is 13.3. The molecule has 0 radical (unpaired) electrons. The third kappa shape index (κ3) is 2.74. The minimum atomic E-state index is -0.710. The summed E-state index contributed by atoms with van der Waals surface area (Å²) in [5.74, 6) is -0.647. The normalized spacial score (nSPS) is 31.9. The van der Waals surface area contributed by atoms with E-state index in [4.69, 9.17) is 14.2 Å². The van der Waals surface area contributed by atoms with Gasteiger partial charge in [0.25, 0.3) is 0 Å². The van der Waals surface area contributed by atoms with Gasteiger partial charge in [-0.2, -0.15) is 0 Å². The molecule has 0 aromatic heterocycles. The van der Waals surface area contributed by atoms with Gasteiger partial charge in [-0.3, -0.25) is 9.59 Å². The van der Waals surface area contributed by atoms with Crippen LogP contribution in [0.4, 0.5) is 0 Å². The van der Waals surface area contributed by atoms with Gasteiger partial charge in [0.2, 0.25) is 5.91 Å². The van der Waals surface area contributed by atoms with E-state index in [0.29, 0.717) is 13.2 Å². The predicted octanol–water partition coefficient (Wildman–Crippen LogP) is 2.49. The monoisotopic (exact) mass is 371 g/mol. The number of rotatable bonds is 6. The fourth-order valence-electron chi connectivity index (χ4n) is 4.49. The molecule has 27 heavy (non-hydrogen) atoms. The van der Waals surface area contributed by atoms with Gasteiger partial charge in [-0.25, -0.2) is 0 Å². The van der Waals surface area contributed by atoms with E-state index in [1.165, 1.54) is 0 Å². The molecule has 1 spiro atoms. The van der Waals surface area contributed by atoms with Crippen molar-refractivity contribution in [2.45, 2.75) is 38.0 Å². The molecule has 1 aromatic carbocycles. The van der Waals surface area contributed by atoms with Gasteiger partial charge in [0.1, 0.15) is 17.3 Å². The van der Waals surface area contributed by atoms with Crippen molar-refractivity contribution >= 4 is 11.9 Å². The molecule has 0 saturated carbocycles. The van der Waals surface area contributed by atoms with E-state index >= 15 is 0 Å². The van der Waals surface area contributed by atoms with Gasteiger partial charge in [-0.05, 0) is 31.0 Å². The maximum Gasteiger partial charge on any atom is 0.312 e. The average molecular weight is 371 g/mol. The molecule has 6 nitrogen and oxygen atoms in total. The van der Waals surface area contributed by atoms with Crippen molar-refractivity contribution < 1.29 is 23.8 Å². The fraction of sp³-hybridized carbons (Fsp3) is 0.524. The van der Waals surface area contributed by atoms with Crippen LogP contribution in [0.15, 0.2) is 36.4 Å². The highest BCUT2D eigenvalue weighted by Crippen LogP contribution is 2.53. The van der Waals surface area contributed by atoms with Crippen molar-refractivity contribution in [1.29, 1.82) is 0 Å². The van der Waals surface area contributed by atoms with Gasteiger partial charge in [-0.15, -0.1) is 0 Å². The number of hydrogen-bond donors (Lipinski definition) is 0. The second-order valence-electron chi connectivity index (χ2n) is 7.48. The quantitative estimate of drug-likeness (QED) is 0.568. The average Bonchev–Trinajstić information content (AvgIpc) is 3.34. The Labute approximate surface area is 159 Å². The molecule has 3 heterocycles. The topological polar surface area (TPSA) is 65.1 Å². The zero-order valence-electron chi connectivity index (χ0n) is 15.9. The lowest BCUT2D eigenvalue weighted by Crippen LogP contribution is -2.40. The molecule has 3 aliphatic heterocycles. The minimum absolute atomic E-state index is 0.0383. The summed E-state index contributed by atoms with van der Waals surface area (Å²) < 4.78 is 16.7. The standard InChI is InChI=1S/C21H25NO5/c1-4-11-26-20(24)17-16-9-10-21(27-16)12-22(19(23)18(17)21)13(2)14-5-7-15(25-3)8-6-14/h5-10,13,16-18H,4,11-12H2,1-3H3/t13-,16+,17-,18-,21+/m0/s1. The van der Waals surface area contributed by atoms with E-state index in [1.807, 2.05) is 55.2 Å². The van der Waals surface area contributed by atoms with E-state index in [2.05, 4.69) is 0 Å². The first-order valence-electron chi connectivity index (χ1n) is 9.49. The molecule has 144 valence electrons. The molecule has 6 heteroatoms. The summed E-state index contributed by atoms with van der Waals surface area (Å²) in [7, 11) is 1.63. The number of methoxy groups -OCH3 is 1. The van der Waals surface area contributed by atoms with Gasteiger partial charge in [0.05, 0.1) is 38.3 Å². The Morgan fingerprint density at radius 1 is 1.37 bits per heavy atom. The number of ether oxygens (including phenoxy) is 3. The Hall–Kier alpha value is -2.34. The minimum Gasteiger partial charge on any atom is -0.497 e. The summed E-state index contributed by atoms with van der Waals surface area (Å²) in [6.45, 7) is 4.77. The molecule has 5 atom stereocenters. The van der Waals surface area contributed by atoms with E-state index in [1.54, 1.807) is 7.11 Å². The number of hydrogen-bond acceptors (Lipinski definition) is 5. The van der Waals surface area contributed by atoms with Crippen LogP contribution in [0.25, 0.3) is 0 Å². The van der Waals surface area contributed by atoms with Gasteiger partial charge in [0, 0.05) is 0 Å². The number of nitrogens with zero attached hydrogens (tertiary/aromatic N) is 1.